The van der Waals surface area contributed by atoms with Crippen LogP contribution in [-0.2, 0) is 0 Å². The summed E-state index contributed by atoms with van der Waals surface area (Å²) in [6.45, 7) is 7.05. The van der Waals surface area contributed by atoms with E-state index in [0.717, 1.165) is 18.1 Å². The molecule has 2 aliphatic rings. The van der Waals surface area contributed by atoms with Crippen LogP contribution in [0.25, 0.3) is 0 Å². The zero-order valence-corrected chi connectivity index (χ0v) is 6.09. The van der Waals surface area contributed by atoms with Crippen molar-refractivity contribution >= 4 is 0 Å². The highest BCUT2D eigenvalue weighted by Crippen LogP contribution is 2.26. The number of nitrogens with zero attached hydrogens (tertiary/aromatic N) is 1. The first kappa shape index (κ1) is 5.69. The van der Waals surface area contributed by atoms with Crippen molar-refractivity contribution in [2.75, 3.05) is 13.1 Å². The third kappa shape index (κ3) is 0.634. The SMILES string of the molecule is CC(C)N1CC2NC[C@H]21. The fourth-order valence-corrected chi connectivity index (χ4v) is 1.74. The third-order valence-electron chi connectivity index (χ3n) is 2.55. The molecule has 2 atom stereocenters. The van der Waals surface area contributed by atoms with E-state index < -0.39 is 0 Å². The molecule has 0 radical (unpaired) electrons. The summed E-state index contributed by atoms with van der Waals surface area (Å²) >= 11 is 0. The Balaban J connectivity index is 1.90. The van der Waals surface area contributed by atoms with Crippen LogP contribution in [0.5, 0.6) is 0 Å². The van der Waals surface area contributed by atoms with E-state index in [-0.39, 0.29) is 0 Å². The predicted octanol–water partition coefficient (Wildman–Crippen LogP) is 0.0508. The van der Waals surface area contributed by atoms with Gasteiger partial charge in [-0.15, -0.1) is 0 Å². The molecule has 0 aliphatic carbocycles. The van der Waals surface area contributed by atoms with Crippen LogP contribution in [0.4, 0.5) is 0 Å². The first-order chi connectivity index (χ1) is 4.29. The molecule has 1 N–H and O–H groups in total. The Kier molecular flexibility index (Phi) is 1.08. The number of hydrogen-bond donors (Lipinski definition) is 1. The van der Waals surface area contributed by atoms with Gasteiger partial charge >= 0.3 is 0 Å². The van der Waals surface area contributed by atoms with E-state index >= 15 is 0 Å². The van der Waals surface area contributed by atoms with Crippen LogP contribution < -0.4 is 5.32 Å². The largest absolute Gasteiger partial charge is 0.310 e. The summed E-state index contributed by atoms with van der Waals surface area (Å²) in [5.41, 5.74) is 0. The van der Waals surface area contributed by atoms with Gasteiger partial charge in [-0.05, 0) is 13.8 Å². The van der Waals surface area contributed by atoms with Gasteiger partial charge in [-0.3, -0.25) is 4.90 Å². The number of piperazine rings is 1. The van der Waals surface area contributed by atoms with Crippen molar-refractivity contribution < 1.29 is 0 Å². The highest BCUT2D eigenvalue weighted by Gasteiger charge is 2.45. The molecule has 0 aromatic carbocycles. The number of nitrogens with one attached hydrogen (secondary N) is 1. The van der Waals surface area contributed by atoms with Gasteiger partial charge in [0.05, 0.1) is 0 Å². The van der Waals surface area contributed by atoms with Crippen molar-refractivity contribution in [1.82, 2.24) is 10.2 Å². The second-order valence-electron chi connectivity index (χ2n) is 3.37. The lowest BCUT2D eigenvalue weighted by Gasteiger charge is -2.58. The highest BCUT2D eigenvalue weighted by atomic mass is 15.4. The first-order valence-electron chi connectivity index (χ1n) is 3.78. The third-order valence-corrected chi connectivity index (χ3v) is 2.55. The molecule has 0 bridgehead atoms. The van der Waals surface area contributed by atoms with Crippen LogP contribution in [0.3, 0.4) is 0 Å². The van der Waals surface area contributed by atoms with Crippen molar-refractivity contribution in [2.45, 2.75) is 32.0 Å². The fraction of sp³-hybridized carbons (Fsp3) is 1.00. The summed E-state index contributed by atoms with van der Waals surface area (Å²) in [4.78, 5) is 2.56. The molecule has 52 valence electrons. The van der Waals surface area contributed by atoms with E-state index in [0.29, 0.717) is 0 Å². The van der Waals surface area contributed by atoms with Crippen LogP contribution in [-0.4, -0.2) is 36.1 Å². The second kappa shape index (κ2) is 1.70. The molecule has 2 fully saturated rings. The van der Waals surface area contributed by atoms with Gasteiger partial charge in [0.2, 0.25) is 0 Å². The van der Waals surface area contributed by atoms with Crippen molar-refractivity contribution in [3.05, 3.63) is 0 Å². The van der Waals surface area contributed by atoms with E-state index in [9.17, 15) is 0 Å². The van der Waals surface area contributed by atoms with Crippen molar-refractivity contribution in [1.29, 1.82) is 0 Å². The normalized spacial score (nSPS) is 41.7. The molecule has 2 nitrogen and oxygen atoms in total. The minimum atomic E-state index is 0.758. The van der Waals surface area contributed by atoms with Crippen molar-refractivity contribution in [3.8, 4) is 0 Å². The topological polar surface area (TPSA) is 15.3 Å². The average Bonchev–Trinajstić information content (AvgIpc) is 1.76. The average molecular weight is 126 g/mol. The molecule has 2 heterocycles. The van der Waals surface area contributed by atoms with Crippen LogP contribution in [0.15, 0.2) is 0 Å². The maximum atomic E-state index is 3.39. The molecule has 2 rings (SSSR count). The van der Waals surface area contributed by atoms with Crippen LogP contribution >= 0.6 is 0 Å². The number of fused-ring (bicyclic) bond motifs is 1. The lowest BCUT2D eigenvalue weighted by atomic mass is 9.87. The zero-order valence-electron chi connectivity index (χ0n) is 6.09. The molecule has 0 spiro atoms. The Morgan fingerprint density at radius 1 is 1.56 bits per heavy atom. The smallest absolute Gasteiger partial charge is 0.0390 e. The van der Waals surface area contributed by atoms with Gasteiger partial charge in [0.25, 0.3) is 0 Å². The summed E-state index contributed by atoms with van der Waals surface area (Å²) in [7, 11) is 0. The van der Waals surface area contributed by atoms with Crippen molar-refractivity contribution in [2.24, 2.45) is 0 Å². The van der Waals surface area contributed by atoms with Gasteiger partial charge in [-0.2, -0.15) is 0 Å². The Hall–Kier alpha value is -0.0800. The van der Waals surface area contributed by atoms with Gasteiger partial charge in [0.15, 0.2) is 0 Å². The molecular weight excluding hydrogens is 112 g/mol. The number of rotatable bonds is 1. The molecule has 2 aliphatic heterocycles. The molecule has 0 amide bonds. The van der Waals surface area contributed by atoms with E-state index in [1.165, 1.54) is 13.1 Å². The Morgan fingerprint density at radius 3 is 2.44 bits per heavy atom. The number of hydrogen-bond acceptors (Lipinski definition) is 2. The lowest BCUT2D eigenvalue weighted by molar-refractivity contribution is -0.0395. The van der Waals surface area contributed by atoms with E-state index in [1.807, 2.05) is 0 Å². The monoisotopic (exact) mass is 126 g/mol. The minimum Gasteiger partial charge on any atom is -0.310 e. The zero-order chi connectivity index (χ0) is 6.43. The van der Waals surface area contributed by atoms with Crippen LogP contribution in [0.1, 0.15) is 13.8 Å². The van der Waals surface area contributed by atoms with E-state index in [2.05, 4.69) is 24.1 Å². The molecule has 2 saturated heterocycles. The van der Waals surface area contributed by atoms with Gasteiger partial charge in [0, 0.05) is 31.2 Å². The maximum absolute atomic E-state index is 3.39. The highest BCUT2D eigenvalue weighted by molar-refractivity contribution is 5.07. The quantitative estimate of drug-likeness (QED) is 0.534. The molecule has 0 saturated carbocycles. The minimum absolute atomic E-state index is 0.758. The number of likely N-dealkylation sites (tertiary alicyclic amines) is 1. The van der Waals surface area contributed by atoms with Crippen molar-refractivity contribution in [3.63, 3.8) is 0 Å². The molecule has 1 unspecified atom stereocenters. The Morgan fingerprint density at radius 2 is 2.33 bits per heavy atom. The standard InChI is InChI=1S/C7H14N2/c1-5(2)9-4-6-7(9)3-8-6/h5-8H,3-4H2,1-2H3/t6?,7-/m1/s1. The summed E-state index contributed by atoms with van der Waals surface area (Å²) < 4.78 is 0. The fourth-order valence-electron chi connectivity index (χ4n) is 1.74. The van der Waals surface area contributed by atoms with Gasteiger partial charge in [-0.25, -0.2) is 0 Å². The molecule has 0 aromatic rings. The van der Waals surface area contributed by atoms with Crippen LogP contribution in [0, 0.1) is 0 Å². The summed E-state index contributed by atoms with van der Waals surface area (Å²) in [6.07, 6.45) is 0. The van der Waals surface area contributed by atoms with E-state index in [4.69, 9.17) is 0 Å². The van der Waals surface area contributed by atoms with E-state index in [1.54, 1.807) is 0 Å². The maximum Gasteiger partial charge on any atom is 0.0390 e. The molecule has 9 heavy (non-hydrogen) atoms. The predicted molar refractivity (Wildman–Crippen MR) is 37.4 cm³/mol. The van der Waals surface area contributed by atoms with Crippen LogP contribution in [0.2, 0.25) is 0 Å². The molecular formula is C7H14N2. The van der Waals surface area contributed by atoms with Gasteiger partial charge < -0.3 is 5.32 Å². The Bertz CT molecular complexity index is 122. The second-order valence-corrected chi connectivity index (χ2v) is 3.37. The summed E-state index contributed by atoms with van der Waals surface area (Å²) in [5.74, 6) is 0. The van der Waals surface area contributed by atoms with Gasteiger partial charge in [-0.1, -0.05) is 0 Å². The molecule has 2 heteroatoms. The lowest BCUT2D eigenvalue weighted by Crippen LogP contribution is -2.78. The summed E-state index contributed by atoms with van der Waals surface area (Å²) in [6, 6.07) is 2.51. The summed E-state index contributed by atoms with van der Waals surface area (Å²) in [5, 5.41) is 3.39. The first-order valence-corrected chi connectivity index (χ1v) is 3.78. The van der Waals surface area contributed by atoms with Gasteiger partial charge in [0.1, 0.15) is 0 Å². The Labute approximate surface area is 56.2 Å². The molecule has 0 aromatic heterocycles.